The summed E-state index contributed by atoms with van der Waals surface area (Å²) in [5.41, 5.74) is 4.80. The van der Waals surface area contributed by atoms with E-state index in [9.17, 15) is 9.59 Å². The molecule has 0 saturated carbocycles. The molecule has 7 nitrogen and oxygen atoms in total. The van der Waals surface area contributed by atoms with Crippen LogP contribution >= 0.6 is 0 Å². The van der Waals surface area contributed by atoms with Crippen molar-refractivity contribution in [3.05, 3.63) is 59.2 Å². The number of rotatable bonds is 7. The van der Waals surface area contributed by atoms with Gasteiger partial charge in [-0.25, -0.2) is 5.43 Å². The van der Waals surface area contributed by atoms with Crippen LogP contribution < -0.4 is 14.9 Å². The molecular weight excluding hydrogens is 382 g/mol. The fraction of sp³-hybridized carbons (Fsp3) is 0.348. The lowest BCUT2D eigenvalue weighted by Gasteiger charge is -2.26. The fourth-order valence-electron chi connectivity index (χ4n) is 3.27. The van der Waals surface area contributed by atoms with Crippen molar-refractivity contribution in [2.45, 2.75) is 32.8 Å². The normalized spacial score (nSPS) is 13.9. The largest absolute Gasteiger partial charge is 0.493 e. The van der Waals surface area contributed by atoms with Crippen LogP contribution in [0.1, 0.15) is 47.7 Å². The molecule has 1 saturated heterocycles. The molecule has 1 fully saturated rings. The topological polar surface area (TPSA) is 80.2 Å². The van der Waals surface area contributed by atoms with E-state index in [0.717, 1.165) is 37.1 Å². The number of carbonyl (C=O) groups is 2. The average Bonchev–Trinajstić information content (AvgIpc) is 2.78. The molecule has 0 atom stereocenters. The van der Waals surface area contributed by atoms with Crippen molar-refractivity contribution in [2.75, 3.05) is 20.2 Å². The van der Waals surface area contributed by atoms with Gasteiger partial charge in [-0.15, -0.1) is 0 Å². The van der Waals surface area contributed by atoms with E-state index in [4.69, 9.17) is 9.47 Å². The molecule has 0 aliphatic carbocycles. The van der Waals surface area contributed by atoms with Crippen molar-refractivity contribution in [3.63, 3.8) is 0 Å². The number of methoxy groups -OCH3 is 1. The summed E-state index contributed by atoms with van der Waals surface area (Å²) in [6.07, 6.45) is 4.90. The Morgan fingerprint density at radius 1 is 1.07 bits per heavy atom. The number of benzene rings is 2. The van der Waals surface area contributed by atoms with Crippen LogP contribution in [0.15, 0.2) is 47.6 Å². The summed E-state index contributed by atoms with van der Waals surface area (Å²) in [6.45, 7) is 3.43. The predicted molar refractivity (Wildman–Crippen MR) is 115 cm³/mol. The van der Waals surface area contributed by atoms with Gasteiger partial charge in [0.15, 0.2) is 11.5 Å². The second-order valence-corrected chi connectivity index (χ2v) is 7.17. The molecule has 1 N–H and O–H groups in total. The SMILES string of the molecule is COc1cc(/C=N\NC(C)=O)ccc1OCc1ccc(C(=O)N2CCCCC2)cc1. The third kappa shape index (κ3) is 5.83. The summed E-state index contributed by atoms with van der Waals surface area (Å²) in [7, 11) is 1.57. The van der Waals surface area contributed by atoms with Gasteiger partial charge < -0.3 is 14.4 Å². The van der Waals surface area contributed by atoms with Crippen LogP contribution in [0.4, 0.5) is 0 Å². The molecule has 0 bridgehead atoms. The maximum absolute atomic E-state index is 12.6. The van der Waals surface area contributed by atoms with E-state index in [0.29, 0.717) is 23.7 Å². The summed E-state index contributed by atoms with van der Waals surface area (Å²) in [4.78, 5) is 25.4. The first-order valence-corrected chi connectivity index (χ1v) is 10.1. The Balaban J connectivity index is 1.60. The third-order valence-electron chi connectivity index (χ3n) is 4.86. The number of likely N-dealkylation sites (tertiary alicyclic amines) is 1. The maximum Gasteiger partial charge on any atom is 0.253 e. The molecule has 0 spiro atoms. The number of hydrogen-bond donors (Lipinski definition) is 1. The molecule has 2 aromatic carbocycles. The highest BCUT2D eigenvalue weighted by Crippen LogP contribution is 2.28. The minimum absolute atomic E-state index is 0.0975. The van der Waals surface area contributed by atoms with Crippen LogP contribution in [0.3, 0.4) is 0 Å². The second kappa shape index (κ2) is 10.4. The Kier molecular flexibility index (Phi) is 7.43. The van der Waals surface area contributed by atoms with E-state index in [1.807, 2.05) is 35.2 Å². The molecule has 1 aliphatic rings. The Hall–Kier alpha value is -3.35. The number of hydrogen-bond acceptors (Lipinski definition) is 5. The first kappa shape index (κ1) is 21.4. The Morgan fingerprint density at radius 2 is 1.80 bits per heavy atom. The lowest BCUT2D eigenvalue weighted by Crippen LogP contribution is -2.35. The molecule has 0 aromatic heterocycles. The van der Waals surface area contributed by atoms with Gasteiger partial charge in [0.1, 0.15) is 6.61 Å². The molecule has 1 heterocycles. The monoisotopic (exact) mass is 409 g/mol. The Bertz CT molecular complexity index is 903. The van der Waals surface area contributed by atoms with E-state index in [1.54, 1.807) is 19.2 Å². The highest BCUT2D eigenvalue weighted by Gasteiger charge is 2.17. The summed E-state index contributed by atoms with van der Waals surface area (Å²) in [6, 6.07) is 12.9. The Labute approximate surface area is 176 Å². The zero-order chi connectivity index (χ0) is 21.3. The first-order chi connectivity index (χ1) is 14.6. The van der Waals surface area contributed by atoms with E-state index in [1.165, 1.54) is 19.6 Å². The zero-order valence-corrected chi connectivity index (χ0v) is 17.4. The molecule has 0 radical (unpaired) electrons. The lowest BCUT2D eigenvalue weighted by molar-refractivity contribution is -0.118. The molecule has 1 aliphatic heterocycles. The summed E-state index contributed by atoms with van der Waals surface area (Å²) < 4.78 is 11.3. The predicted octanol–water partition coefficient (Wildman–Crippen LogP) is 3.37. The number of carbonyl (C=O) groups excluding carboxylic acids is 2. The first-order valence-electron chi connectivity index (χ1n) is 10.1. The van der Waals surface area contributed by atoms with Gasteiger partial charge in [-0.1, -0.05) is 12.1 Å². The van der Waals surface area contributed by atoms with Gasteiger partial charge in [-0.05, 0) is 60.7 Å². The highest BCUT2D eigenvalue weighted by molar-refractivity contribution is 5.94. The highest BCUT2D eigenvalue weighted by atomic mass is 16.5. The molecule has 7 heteroatoms. The number of hydrazone groups is 1. The number of nitrogens with zero attached hydrogens (tertiary/aromatic N) is 2. The van der Waals surface area contributed by atoms with E-state index in [-0.39, 0.29) is 11.8 Å². The molecule has 30 heavy (non-hydrogen) atoms. The van der Waals surface area contributed by atoms with Gasteiger partial charge in [0.25, 0.3) is 5.91 Å². The molecule has 2 aromatic rings. The van der Waals surface area contributed by atoms with Gasteiger partial charge in [-0.2, -0.15) is 5.10 Å². The van der Waals surface area contributed by atoms with Crippen LogP contribution in [-0.4, -0.2) is 43.1 Å². The van der Waals surface area contributed by atoms with Crippen LogP contribution in [0.2, 0.25) is 0 Å². The summed E-state index contributed by atoms with van der Waals surface area (Å²) >= 11 is 0. The minimum atomic E-state index is -0.234. The van der Waals surface area contributed by atoms with Crippen LogP contribution in [0.25, 0.3) is 0 Å². The molecule has 2 amide bonds. The number of piperidine rings is 1. The average molecular weight is 409 g/mol. The van der Waals surface area contributed by atoms with Gasteiger partial charge >= 0.3 is 0 Å². The quantitative estimate of drug-likeness (QED) is 0.562. The fourth-order valence-corrected chi connectivity index (χ4v) is 3.27. The number of ether oxygens (including phenoxy) is 2. The number of amides is 2. The van der Waals surface area contributed by atoms with Crippen molar-refractivity contribution >= 4 is 18.0 Å². The van der Waals surface area contributed by atoms with Crippen molar-refractivity contribution < 1.29 is 19.1 Å². The van der Waals surface area contributed by atoms with Crippen LogP contribution in [0.5, 0.6) is 11.5 Å². The van der Waals surface area contributed by atoms with Crippen molar-refractivity contribution in [1.29, 1.82) is 0 Å². The van der Waals surface area contributed by atoms with Crippen molar-refractivity contribution in [1.82, 2.24) is 10.3 Å². The van der Waals surface area contributed by atoms with E-state index in [2.05, 4.69) is 10.5 Å². The van der Waals surface area contributed by atoms with Gasteiger partial charge in [0, 0.05) is 25.6 Å². The third-order valence-corrected chi connectivity index (χ3v) is 4.86. The van der Waals surface area contributed by atoms with Gasteiger partial charge in [-0.3, -0.25) is 9.59 Å². The zero-order valence-electron chi connectivity index (χ0n) is 17.4. The van der Waals surface area contributed by atoms with E-state index >= 15 is 0 Å². The smallest absolute Gasteiger partial charge is 0.253 e. The van der Waals surface area contributed by atoms with Gasteiger partial charge in [0.2, 0.25) is 5.91 Å². The molecule has 3 rings (SSSR count). The summed E-state index contributed by atoms with van der Waals surface area (Å²) in [5, 5.41) is 3.84. The van der Waals surface area contributed by atoms with Gasteiger partial charge in [0.05, 0.1) is 13.3 Å². The molecule has 158 valence electrons. The van der Waals surface area contributed by atoms with Crippen LogP contribution in [-0.2, 0) is 11.4 Å². The minimum Gasteiger partial charge on any atom is -0.493 e. The van der Waals surface area contributed by atoms with Crippen molar-refractivity contribution in [2.24, 2.45) is 5.10 Å². The standard InChI is InChI=1S/C23H27N3O4/c1-17(27)25-24-15-19-8-11-21(22(14-19)29-2)30-16-18-6-9-20(10-7-18)23(28)26-12-4-3-5-13-26/h6-11,14-15H,3-5,12-13,16H2,1-2H3,(H,25,27)/b24-15-. The lowest BCUT2D eigenvalue weighted by atomic mass is 10.1. The second-order valence-electron chi connectivity index (χ2n) is 7.17. The Morgan fingerprint density at radius 3 is 2.47 bits per heavy atom. The number of nitrogens with one attached hydrogen (secondary N) is 1. The molecular formula is C23H27N3O4. The van der Waals surface area contributed by atoms with E-state index < -0.39 is 0 Å². The maximum atomic E-state index is 12.6. The van der Waals surface area contributed by atoms with Crippen molar-refractivity contribution in [3.8, 4) is 11.5 Å². The van der Waals surface area contributed by atoms with Crippen LogP contribution in [0, 0.1) is 0 Å². The summed E-state index contributed by atoms with van der Waals surface area (Å²) in [5.74, 6) is 1.03. The molecule has 0 unspecified atom stereocenters.